The summed E-state index contributed by atoms with van der Waals surface area (Å²) in [6.45, 7) is 3.02. The van der Waals surface area contributed by atoms with Crippen LogP contribution in [0.2, 0.25) is 0 Å². The summed E-state index contributed by atoms with van der Waals surface area (Å²) >= 11 is 0. The van der Waals surface area contributed by atoms with Crippen molar-refractivity contribution < 1.29 is 9.59 Å². The number of hydrogen-bond acceptors (Lipinski definition) is 3. The van der Waals surface area contributed by atoms with E-state index in [9.17, 15) is 9.59 Å². The molecule has 0 aromatic heterocycles. The Morgan fingerprint density at radius 1 is 1.25 bits per heavy atom. The fourth-order valence-corrected chi connectivity index (χ4v) is 1.03. The lowest BCUT2D eigenvalue weighted by molar-refractivity contribution is -0.136. The maximum atomic E-state index is 11.2. The molecule has 0 saturated heterocycles. The monoisotopic (exact) mass is 164 g/mol. The number of carbonyl (C=O) groups excluding carboxylic acids is 2. The van der Waals surface area contributed by atoms with Crippen molar-refractivity contribution in [2.24, 2.45) is 0 Å². The zero-order valence-corrected chi connectivity index (χ0v) is 6.92. The standard InChI is InChI=1S/C8H8N2O2/c1-5-6(2)8(12)10(4-3-9)7(5)11/h4H2,1-2H3. The van der Waals surface area contributed by atoms with Gasteiger partial charge < -0.3 is 0 Å². The van der Waals surface area contributed by atoms with Crippen molar-refractivity contribution in [1.82, 2.24) is 4.90 Å². The Bertz CT molecular complexity index is 298. The molecule has 12 heavy (non-hydrogen) atoms. The number of nitrogens with zero attached hydrogens (tertiary/aromatic N) is 2. The Labute approximate surface area is 70.1 Å². The van der Waals surface area contributed by atoms with Gasteiger partial charge in [-0.05, 0) is 13.8 Å². The third-order valence-electron chi connectivity index (χ3n) is 1.92. The summed E-state index contributed by atoms with van der Waals surface area (Å²) in [7, 11) is 0. The van der Waals surface area contributed by atoms with Gasteiger partial charge in [-0.25, -0.2) is 0 Å². The van der Waals surface area contributed by atoms with Gasteiger partial charge in [0.1, 0.15) is 6.54 Å². The maximum Gasteiger partial charge on any atom is 0.257 e. The minimum atomic E-state index is -0.348. The summed E-state index contributed by atoms with van der Waals surface area (Å²) in [6.07, 6.45) is 0. The average Bonchev–Trinajstić information content (AvgIpc) is 2.23. The summed E-state index contributed by atoms with van der Waals surface area (Å²) in [5.41, 5.74) is 0.880. The van der Waals surface area contributed by atoms with Crippen molar-refractivity contribution in [1.29, 1.82) is 5.26 Å². The lowest BCUT2D eigenvalue weighted by atomic mass is 10.2. The molecular weight excluding hydrogens is 156 g/mol. The number of amides is 2. The van der Waals surface area contributed by atoms with Crippen molar-refractivity contribution in [3.63, 3.8) is 0 Å². The molecule has 2 amide bonds. The largest absolute Gasteiger partial charge is 0.269 e. The number of carbonyl (C=O) groups is 2. The van der Waals surface area contributed by atoms with Crippen LogP contribution in [-0.4, -0.2) is 23.3 Å². The van der Waals surface area contributed by atoms with Crippen LogP contribution in [0, 0.1) is 11.3 Å². The third kappa shape index (κ3) is 0.996. The van der Waals surface area contributed by atoms with Gasteiger partial charge in [0, 0.05) is 11.1 Å². The van der Waals surface area contributed by atoms with Gasteiger partial charge in [-0.15, -0.1) is 0 Å². The van der Waals surface area contributed by atoms with E-state index in [1.54, 1.807) is 19.9 Å². The van der Waals surface area contributed by atoms with E-state index in [4.69, 9.17) is 5.26 Å². The Balaban J connectivity index is 2.97. The molecule has 0 bridgehead atoms. The van der Waals surface area contributed by atoms with Gasteiger partial charge in [-0.2, -0.15) is 5.26 Å². The molecule has 0 aromatic carbocycles. The predicted molar refractivity (Wildman–Crippen MR) is 40.7 cm³/mol. The average molecular weight is 164 g/mol. The molecule has 1 aliphatic heterocycles. The molecule has 0 radical (unpaired) electrons. The molecule has 0 aliphatic carbocycles. The first-order valence-electron chi connectivity index (χ1n) is 3.50. The summed E-state index contributed by atoms with van der Waals surface area (Å²) < 4.78 is 0. The topological polar surface area (TPSA) is 61.2 Å². The molecule has 1 heterocycles. The Morgan fingerprint density at radius 2 is 1.67 bits per heavy atom. The molecule has 0 aromatic rings. The Morgan fingerprint density at radius 3 is 2.00 bits per heavy atom. The van der Waals surface area contributed by atoms with E-state index in [0.717, 1.165) is 4.90 Å². The van der Waals surface area contributed by atoms with Gasteiger partial charge >= 0.3 is 0 Å². The van der Waals surface area contributed by atoms with Crippen LogP contribution < -0.4 is 0 Å². The summed E-state index contributed by atoms with van der Waals surface area (Å²) in [5, 5.41) is 8.32. The smallest absolute Gasteiger partial charge is 0.257 e. The van der Waals surface area contributed by atoms with Crippen molar-refractivity contribution in [3.8, 4) is 6.07 Å². The van der Waals surface area contributed by atoms with E-state index >= 15 is 0 Å². The van der Waals surface area contributed by atoms with E-state index in [2.05, 4.69) is 0 Å². The molecule has 4 nitrogen and oxygen atoms in total. The van der Waals surface area contributed by atoms with Crippen molar-refractivity contribution in [3.05, 3.63) is 11.1 Å². The predicted octanol–water partition coefficient (Wildman–Crippen LogP) is 0.215. The van der Waals surface area contributed by atoms with Crippen LogP contribution in [0.1, 0.15) is 13.8 Å². The summed E-state index contributed by atoms with van der Waals surface area (Å²) in [6, 6.07) is 1.77. The Hall–Kier alpha value is -1.63. The van der Waals surface area contributed by atoms with Crippen LogP contribution in [0.25, 0.3) is 0 Å². The number of rotatable bonds is 1. The second kappa shape index (κ2) is 2.78. The van der Waals surface area contributed by atoms with Gasteiger partial charge in [0.25, 0.3) is 11.8 Å². The molecule has 0 N–H and O–H groups in total. The fourth-order valence-electron chi connectivity index (χ4n) is 1.03. The van der Waals surface area contributed by atoms with Crippen molar-refractivity contribution >= 4 is 11.8 Å². The van der Waals surface area contributed by atoms with Crippen LogP contribution in [0.15, 0.2) is 11.1 Å². The lowest BCUT2D eigenvalue weighted by Crippen LogP contribution is -2.31. The first-order valence-corrected chi connectivity index (χ1v) is 3.50. The van der Waals surface area contributed by atoms with Crippen LogP contribution >= 0.6 is 0 Å². The molecule has 0 saturated carbocycles. The van der Waals surface area contributed by atoms with Crippen molar-refractivity contribution in [2.45, 2.75) is 13.8 Å². The quantitative estimate of drug-likeness (QED) is 0.411. The molecule has 0 spiro atoms. The Kier molecular flexibility index (Phi) is 1.96. The molecule has 1 rings (SSSR count). The van der Waals surface area contributed by atoms with Gasteiger partial charge in [0.15, 0.2) is 0 Å². The normalized spacial score (nSPS) is 17.2. The minimum absolute atomic E-state index is 0.160. The second-order valence-electron chi connectivity index (χ2n) is 2.60. The summed E-state index contributed by atoms with van der Waals surface area (Å²) in [5.74, 6) is -0.696. The highest BCUT2D eigenvalue weighted by molar-refractivity contribution is 6.18. The zero-order chi connectivity index (χ0) is 9.30. The third-order valence-corrected chi connectivity index (χ3v) is 1.92. The molecule has 1 aliphatic rings. The van der Waals surface area contributed by atoms with Crippen molar-refractivity contribution in [2.75, 3.05) is 6.54 Å². The van der Waals surface area contributed by atoms with E-state index in [1.165, 1.54) is 0 Å². The van der Waals surface area contributed by atoms with Crippen LogP contribution in [-0.2, 0) is 9.59 Å². The number of hydrogen-bond donors (Lipinski definition) is 0. The van der Waals surface area contributed by atoms with E-state index in [0.29, 0.717) is 11.1 Å². The van der Waals surface area contributed by atoms with Gasteiger partial charge in [0.2, 0.25) is 0 Å². The number of nitriles is 1. The van der Waals surface area contributed by atoms with Gasteiger partial charge in [0.05, 0.1) is 6.07 Å². The first-order chi connectivity index (χ1) is 5.59. The first kappa shape index (κ1) is 8.47. The second-order valence-corrected chi connectivity index (χ2v) is 2.60. The molecule has 4 heteroatoms. The highest BCUT2D eigenvalue weighted by atomic mass is 16.2. The van der Waals surface area contributed by atoms with E-state index in [-0.39, 0.29) is 18.4 Å². The fraction of sp³-hybridized carbons (Fsp3) is 0.375. The highest BCUT2D eigenvalue weighted by Crippen LogP contribution is 2.18. The SMILES string of the molecule is CC1=C(C)C(=O)N(CC#N)C1=O. The molecule has 0 atom stereocenters. The lowest BCUT2D eigenvalue weighted by Gasteiger charge is -2.08. The number of imide groups is 1. The van der Waals surface area contributed by atoms with Crippen LogP contribution in [0.4, 0.5) is 0 Å². The zero-order valence-electron chi connectivity index (χ0n) is 6.92. The molecule has 62 valence electrons. The molecule has 0 unspecified atom stereocenters. The molecule has 0 fully saturated rings. The van der Waals surface area contributed by atoms with E-state index < -0.39 is 0 Å². The van der Waals surface area contributed by atoms with Crippen LogP contribution in [0.5, 0.6) is 0 Å². The maximum absolute atomic E-state index is 11.2. The highest BCUT2D eigenvalue weighted by Gasteiger charge is 2.32. The molecular formula is C8H8N2O2. The minimum Gasteiger partial charge on any atom is -0.269 e. The van der Waals surface area contributed by atoms with Crippen LogP contribution in [0.3, 0.4) is 0 Å². The van der Waals surface area contributed by atoms with E-state index in [1.807, 2.05) is 0 Å². The van der Waals surface area contributed by atoms with Gasteiger partial charge in [-0.1, -0.05) is 0 Å². The summed E-state index contributed by atoms with van der Waals surface area (Å²) in [4.78, 5) is 23.4. The van der Waals surface area contributed by atoms with Gasteiger partial charge in [-0.3, -0.25) is 14.5 Å².